The van der Waals surface area contributed by atoms with Gasteiger partial charge in [-0.2, -0.15) is 0 Å². The van der Waals surface area contributed by atoms with Gasteiger partial charge in [0.1, 0.15) is 0 Å². The van der Waals surface area contributed by atoms with Gasteiger partial charge in [-0.15, -0.1) is 0 Å². The van der Waals surface area contributed by atoms with Crippen molar-refractivity contribution in [1.82, 2.24) is 4.98 Å². The summed E-state index contributed by atoms with van der Waals surface area (Å²) >= 11 is 0. The minimum atomic E-state index is 1.23. The van der Waals surface area contributed by atoms with Gasteiger partial charge in [0.05, 0.1) is 0 Å². The zero-order valence-electron chi connectivity index (χ0n) is 10.7. The Morgan fingerprint density at radius 2 is 1.50 bits per heavy atom. The molecule has 0 saturated carbocycles. The van der Waals surface area contributed by atoms with Gasteiger partial charge in [-0.1, -0.05) is 17.7 Å². The molecule has 0 fully saturated rings. The summed E-state index contributed by atoms with van der Waals surface area (Å²) in [6.45, 7) is 10.8. The largest absolute Gasteiger partial charge is 0.362 e. The summed E-state index contributed by atoms with van der Waals surface area (Å²) in [4.78, 5) is 3.37. The molecule has 0 aliphatic rings. The Balaban J connectivity index is 2.68. The molecule has 0 unspecified atom stereocenters. The van der Waals surface area contributed by atoms with Crippen LogP contribution >= 0.6 is 0 Å². The van der Waals surface area contributed by atoms with Crippen molar-refractivity contribution in [2.75, 3.05) is 0 Å². The van der Waals surface area contributed by atoms with Crippen LogP contribution in [0.2, 0.25) is 0 Å². The highest BCUT2D eigenvalue weighted by atomic mass is 14.7. The SMILES string of the molecule is Cc1cc(C)c(C)c(-c2cc(C)[nH]c2C)c1. The van der Waals surface area contributed by atoms with E-state index in [0.717, 1.165) is 0 Å². The van der Waals surface area contributed by atoms with Crippen molar-refractivity contribution < 1.29 is 0 Å². The number of hydrogen-bond donors (Lipinski definition) is 1. The molecule has 1 aromatic heterocycles. The first-order valence-corrected chi connectivity index (χ1v) is 5.73. The third-order valence-electron chi connectivity index (χ3n) is 3.25. The van der Waals surface area contributed by atoms with Gasteiger partial charge >= 0.3 is 0 Å². The molecule has 2 rings (SSSR count). The second-order valence-corrected chi connectivity index (χ2v) is 4.75. The van der Waals surface area contributed by atoms with E-state index in [2.05, 4.69) is 57.8 Å². The molecule has 0 aliphatic heterocycles. The van der Waals surface area contributed by atoms with Gasteiger partial charge < -0.3 is 4.98 Å². The molecular formula is C15H19N. The number of aromatic nitrogens is 1. The molecule has 1 heteroatoms. The lowest BCUT2D eigenvalue weighted by atomic mass is 9.95. The lowest BCUT2D eigenvalue weighted by Crippen LogP contribution is -1.89. The normalized spacial score (nSPS) is 10.8. The van der Waals surface area contributed by atoms with Crippen LogP contribution in [0.5, 0.6) is 0 Å². The first-order valence-electron chi connectivity index (χ1n) is 5.73. The van der Waals surface area contributed by atoms with Crippen molar-refractivity contribution in [3.63, 3.8) is 0 Å². The van der Waals surface area contributed by atoms with E-state index in [4.69, 9.17) is 0 Å². The average molecular weight is 213 g/mol. The maximum atomic E-state index is 3.37. The number of hydrogen-bond acceptors (Lipinski definition) is 0. The van der Waals surface area contributed by atoms with Crippen molar-refractivity contribution in [3.05, 3.63) is 46.3 Å². The zero-order chi connectivity index (χ0) is 11.9. The molecule has 0 radical (unpaired) electrons. The first kappa shape index (κ1) is 11.0. The molecule has 0 aliphatic carbocycles. The summed E-state index contributed by atoms with van der Waals surface area (Å²) in [5, 5.41) is 0. The fourth-order valence-electron chi connectivity index (χ4n) is 2.32. The minimum absolute atomic E-state index is 1.23. The van der Waals surface area contributed by atoms with E-state index in [1.54, 1.807) is 0 Å². The smallest absolute Gasteiger partial charge is 0.0197 e. The highest BCUT2D eigenvalue weighted by Crippen LogP contribution is 2.30. The molecule has 1 nitrogen and oxygen atoms in total. The van der Waals surface area contributed by atoms with Crippen molar-refractivity contribution in [3.8, 4) is 11.1 Å². The first-order chi connectivity index (χ1) is 7.49. The van der Waals surface area contributed by atoms with E-state index in [0.29, 0.717) is 0 Å². The Kier molecular flexibility index (Phi) is 2.63. The molecule has 1 heterocycles. The highest BCUT2D eigenvalue weighted by molar-refractivity contribution is 5.72. The standard InChI is InChI=1S/C15H19N/c1-9-6-10(2)12(4)14(7-9)15-8-11(3)16-13(15)5/h6-8,16H,1-5H3. The number of aromatic amines is 1. The van der Waals surface area contributed by atoms with E-state index in [9.17, 15) is 0 Å². The number of benzene rings is 1. The summed E-state index contributed by atoms with van der Waals surface area (Å²) in [7, 11) is 0. The Labute approximate surface area is 97.5 Å². The van der Waals surface area contributed by atoms with Crippen molar-refractivity contribution in [2.24, 2.45) is 0 Å². The summed E-state index contributed by atoms with van der Waals surface area (Å²) in [6.07, 6.45) is 0. The van der Waals surface area contributed by atoms with Gasteiger partial charge in [-0.3, -0.25) is 0 Å². The Hall–Kier alpha value is -1.50. The minimum Gasteiger partial charge on any atom is -0.362 e. The second kappa shape index (κ2) is 3.82. The van der Waals surface area contributed by atoms with Gasteiger partial charge in [-0.05, 0) is 57.4 Å². The molecular weight excluding hydrogens is 194 g/mol. The number of rotatable bonds is 1. The van der Waals surface area contributed by atoms with Crippen LogP contribution in [0.3, 0.4) is 0 Å². The maximum absolute atomic E-state index is 3.37. The maximum Gasteiger partial charge on any atom is 0.0197 e. The van der Waals surface area contributed by atoms with Crippen LogP contribution in [-0.4, -0.2) is 4.98 Å². The number of nitrogens with one attached hydrogen (secondary N) is 1. The Morgan fingerprint density at radius 3 is 2.06 bits per heavy atom. The van der Waals surface area contributed by atoms with Crippen LogP contribution in [0.15, 0.2) is 18.2 Å². The fraction of sp³-hybridized carbons (Fsp3) is 0.333. The third-order valence-corrected chi connectivity index (χ3v) is 3.25. The highest BCUT2D eigenvalue weighted by Gasteiger charge is 2.09. The van der Waals surface area contributed by atoms with Gasteiger partial charge in [0.25, 0.3) is 0 Å². The number of aryl methyl sites for hydroxylation is 4. The quantitative estimate of drug-likeness (QED) is 0.730. The zero-order valence-corrected chi connectivity index (χ0v) is 10.7. The lowest BCUT2D eigenvalue weighted by molar-refractivity contribution is 1.19. The van der Waals surface area contributed by atoms with Crippen LogP contribution in [0.4, 0.5) is 0 Å². The molecule has 0 bridgehead atoms. The van der Waals surface area contributed by atoms with Gasteiger partial charge in [0, 0.05) is 17.0 Å². The summed E-state index contributed by atoms with van der Waals surface area (Å²) in [5.74, 6) is 0. The van der Waals surface area contributed by atoms with E-state index >= 15 is 0 Å². The summed E-state index contributed by atoms with van der Waals surface area (Å²) in [5.41, 5.74) is 9.26. The van der Waals surface area contributed by atoms with Crippen LogP contribution < -0.4 is 0 Å². The van der Waals surface area contributed by atoms with E-state index < -0.39 is 0 Å². The Morgan fingerprint density at radius 1 is 0.812 bits per heavy atom. The van der Waals surface area contributed by atoms with Crippen molar-refractivity contribution in [1.29, 1.82) is 0 Å². The Bertz CT molecular complexity index is 533. The molecule has 0 spiro atoms. The molecule has 84 valence electrons. The molecule has 2 aromatic rings. The van der Waals surface area contributed by atoms with E-state index in [1.807, 2.05) is 0 Å². The van der Waals surface area contributed by atoms with E-state index in [1.165, 1.54) is 39.2 Å². The lowest BCUT2D eigenvalue weighted by Gasteiger charge is -2.10. The van der Waals surface area contributed by atoms with Gasteiger partial charge in [0.15, 0.2) is 0 Å². The van der Waals surface area contributed by atoms with Crippen LogP contribution in [0, 0.1) is 34.6 Å². The molecule has 0 saturated heterocycles. The molecule has 0 atom stereocenters. The van der Waals surface area contributed by atoms with Gasteiger partial charge in [0.2, 0.25) is 0 Å². The van der Waals surface area contributed by atoms with E-state index in [-0.39, 0.29) is 0 Å². The topological polar surface area (TPSA) is 15.8 Å². The van der Waals surface area contributed by atoms with Crippen LogP contribution in [0.25, 0.3) is 11.1 Å². The summed E-state index contributed by atoms with van der Waals surface area (Å²) in [6, 6.07) is 6.75. The fourth-order valence-corrected chi connectivity index (χ4v) is 2.32. The predicted molar refractivity (Wildman–Crippen MR) is 69.9 cm³/mol. The average Bonchev–Trinajstić information content (AvgIpc) is 2.51. The van der Waals surface area contributed by atoms with Crippen LogP contribution in [0.1, 0.15) is 28.1 Å². The predicted octanol–water partition coefficient (Wildman–Crippen LogP) is 4.22. The second-order valence-electron chi connectivity index (χ2n) is 4.75. The summed E-state index contributed by atoms with van der Waals surface area (Å²) < 4.78 is 0. The monoisotopic (exact) mass is 213 g/mol. The van der Waals surface area contributed by atoms with Gasteiger partial charge in [-0.25, -0.2) is 0 Å². The molecule has 0 amide bonds. The molecule has 1 aromatic carbocycles. The number of H-pyrrole nitrogens is 1. The van der Waals surface area contributed by atoms with Crippen molar-refractivity contribution in [2.45, 2.75) is 34.6 Å². The third kappa shape index (κ3) is 1.78. The molecule has 1 N–H and O–H groups in total. The van der Waals surface area contributed by atoms with Crippen molar-refractivity contribution >= 4 is 0 Å². The van der Waals surface area contributed by atoms with Crippen LogP contribution in [-0.2, 0) is 0 Å². The molecule has 16 heavy (non-hydrogen) atoms.